The van der Waals surface area contributed by atoms with Crippen LogP contribution in [0.5, 0.6) is 0 Å². The molecule has 3 nitrogen and oxygen atoms in total. The van der Waals surface area contributed by atoms with E-state index in [4.69, 9.17) is 5.73 Å². The molecule has 0 bridgehead atoms. The molecule has 1 heterocycles. The van der Waals surface area contributed by atoms with Crippen LogP contribution in [0.3, 0.4) is 0 Å². The van der Waals surface area contributed by atoms with E-state index in [0.29, 0.717) is 0 Å². The number of aryl methyl sites for hydroxylation is 2. The van der Waals surface area contributed by atoms with Crippen LogP contribution in [0.4, 0.5) is 11.4 Å². The van der Waals surface area contributed by atoms with Gasteiger partial charge in [-0.05, 0) is 56.7 Å². The third kappa shape index (κ3) is 3.25. The summed E-state index contributed by atoms with van der Waals surface area (Å²) in [6.07, 6.45) is 0. The molecule has 0 aliphatic carbocycles. The lowest BCUT2D eigenvalue weighted by Crippen LogP contribution is -2.23. The van der Waals surface area contributed by atoms with Crippen molar-refractivity contribution in [2.45, 2.75) is 27.3 Å². The summed E-state index contributed by atoms with van der Waals surface area (Å²) in [5, 5.41) is 0. The van der Waals surface area contributed by atoms with E-state index in [1.165, 1.54) is 11.3 Å². The Bertz CT molecular complexity index is 564. The van der Waals surface area contributed by atoms with Crippen LogP contribution in [0.2, 0.25) is 0 Å². The Morgan fingerprint density at radius 1 is 1.16 bits per heavy atom. The summed E-state index contributed by atoms with van der Waals surface area (Å²) in [7, 11) is 0. The lowest BCUT2D eigenvalue weighted by Gasteiger charge is -2.25. The highest BCUT2D eigenvalue weighted by atomic mass is 15.1. The Hall–Kier alpha value is -2.03. The smallest absolute Gasteiger partial charge is 0.0602 e. The molecule has 0 spiro atoms. The van der Waals surface area contributed by atoms with Crippen molar-refractivity contribution in [2.75, 3.05) is 17.2 Å². The van der Waals surface area contributed by atoms with E-state index in [-0.39, 0.29) is 0 Å². The second-order valence-electron chi connectivity index (χ2n) is 4.83. The summed E-state index contributed by atoms with van der Waals surface area (Å²) in [5.74, 6) is 0. The Balaban J connectivity index is 2.25. The van der Waals surface area contributed by atoms with E-state index < -0.39 is 0 Å². The normalized spacial score (nSPS) is 10.5. The molecular formula is C16H21N3. The second-order valence-corrected chi connectivity index (χ2v) is 4.83. The average molecular weight is 255 g/mol. The van der Waals surface area contributed by atoms with Gasteiger partial charge >= 0.3 is 0 Å². The molecule has 1 aromatic carbocycles. The van der Waals surface area contributed by atoms with Gasteiger partial charge in [-0.15, -0.1) is 0 Å². The second kappa shape index (κ2) is 5.74. The summed E-state index contributed by atoms with van der Waals surface area (Å²) >= 11 is 0. The molecule has 0 atom stereocenters. The van der Waals surface area contributed by atoms with Gasteiger partial charge in [-0.25, -0.2) is 0 Å². The van der Waals surface area contributed by atoms with E-state index in [9.17, 15) is 0 Å². The van der Waals surface area contributed by atoms with Gasteiger partial charge in [0.2, 0.25) is 0 Å². The molecule has 0 amide bonds. The average Bonchev–Trinajstić information content (AvgIpc) is 2.37. The number of nitrogens with zero attached hydrogens (tertiary/aromatic N) is 2. The standard InChI is InChI=1S/C16H21N3/c1-4-19(11-15-7-5-6-13(3)18-15)16-9-8-14(17)10-12(16)2/h5-10H,4,11,17H2,1-3H3. The molecule has 2 aromatic rings. The van der Waals surface area contributed by atoms with Gasteiger partial charge in [0.25, 0.3) is 0 Å². The third-order valence-corrected chi connectivity index (χ3v) is 3.24. The first-order valence-electron chi connectivity index (χ1n) is 6.63. The van der Waals surface area contributed by atoms with E-state index in [2.05, 4.69) is 41.9 Å². The molecule has 3 heteroatoms. The predicted octanol–water partition coefficient (Wildman–Crippen LogP) is 3.31. The first kappa shape index (κ1) is 13.4. The van der Waals surface area contributed by atoms with Crippen LogP contribution in [0.1, 0.15) is 23.9 Å². The highest BCUT2D eigenvalue weighted by Gasteiger charge is 2.09. The fraction of sp³-hybridized carbons (Fsp3) is 0.312. The van der Waals surface area contributed by atoms with E-state index >= 15 is 0 Å². The number of pyridine rings is 1. The molecule has 0 saturated heterocycles. The van der Waals surface area contributed by atoms with Crippen LogP contribution in [0, 0.1) is 13.8 Å². The number of nitrogen functional groups attached to an aromatic ring is 1. The minimum absolute atomic E-state index is 0.811. The Morgan fingerprint density at radius 2 is 1.95 bits per heavy atom. The van der Waals surface area contributed by atoms with Crippen molar-refractivity contribution >= 4 is 11.4 Å². The number of rotatable bonds is 4. The first-order chi connectivity index (χ1) is 9.10. The number of hydrogen-bond acceptors (Lipinski definition) is 3. The van der Waals surface area contributed by atoms with E-state index in [0.717, 1.165) is 30.2 Å². The molecule has 0 fully saturated rings. The molecule has 1 aromatic heterocycles. The van der Waals surface area contributed by atoms with Crippen molar-refractivity contribution in [3.63, 3.8) is 0 Å². The van der Waals surface area contributed by atoms with Gasteiger partial charge in [0, 0.05) is 23.6 Å². The molecular weight excluding hydrogens is 234 g/mol. The van der Waals surface area contributed by atoms with Gasteiger partial charge in [0.15, 0.2) is 0 Å². The summed E-state index contributed by atoms with van der Waals surface area (Å²) in [6, 6.07) is 12.2. The molecule has 0 aliphatic heterocycles. The van der Waals surface area contributed by atoms with Gasteiger partial charge in [-0.1, -0.05) is 6.07 Å². The molecule has 2 N–H and O–H groups in total. The van der Waals surface area contributed by atoms with Gasteiger partial charge < -0.3 is 10.6 Å². The highest BCUT2D eigenvalue weighted by molar-refractivity contribution is 5.59. The van der Waals surface area contributed by atoms with E-state index in [1.54, 1.807) is 0 Å². The molecule has 2 rings (SSSR count). The molecule has 100 valence electrons. The van der Waals surface area contributed by atoms with Crippen molar-refractivity contribution < 1.29 is 0 Å². The Labute approximate surface area is 115 Å². The molecule has 0 radical (unpaired) electrons. The number of benzene rings is 1. The fourth-order valence-electron chi connectivity index (χ4n) is 2.28. The molecule has 0 aliphatic rings. The number of nitrogens with two attached hydrogens (primary N) is 1. The lowest BCUT2D eigenvalue weighted by atomic mass is 10.1. The fourth-order valence-corrected chi connectivity index (χ4v) is 2.28. The van der Waals surface area contributed by atoms with E-state index in [1.807, 2.05) is 25.1 Å². The van der Waals surface area contributed by atoms with Crippen molar-refractivity contribution in [3.05, 3.63) is 53.3 Å². The summed E-state index contributed by atoms with van der Waals surface area (Å²) < 4.78 is 0. The van der Waals surface area contributed by atoms with Gasteiger partial charge in [0.1, 0.15) is 0 Å². The Kier molecular flexibility index (Phi) is 4.05. The lowest BCUT2D eigenvalue weighted by molar-refractivity contribution is 0.802. The largest absolute Gasteiger partial charge is 0.399 e. The van der Waals surface area contributed by atoms with Crippen molar-refractivity contribution in [3.8, 4) is 0 Å². The van der Waals surface area contributed by atoms with Crippen LogP contribution in [0.25, 0.3) is 0 Å². The minimum atomic E-state index is 0.811. The van der Waals surface area contributed by atoms with Crippen molar-refractivity contribution in [1.29, 1.82) is 0 Å². The van der Waals surface area contributed by atoms with Crippen LogP contribution >= 0.6 is 0 Å². The third-order valence-electron chi connectivity index (χ3n) is 3.24. The minimum Gasteiger partial charge on any atom is -0.399 e. The zero-order valence-corrected chi connectivity index (χ0v) is 11.9. The van der Waals surface area contributed by atoms with Crippen LogP contribution < -0.4 is 10.6 Å². The number of aromatic nitrogens is 1. The maximum absolute atomic E-state index is 5.81. The quantitative estimate of drug-likeness (QED) is 0.852. The van der Waals surface area contributed by atoms with Gasteiger partial charge in [-0.2, -0.15) is 0 Å². The van der Waals surface area contributed by atoms with Crippen LogP contribution in [-0.4, -0.2) is 11.5 Å². The monoisotopic (exact) mass is 255 g/mol. The SMILES string of the molecule is CCN(Cc1cccc(C)n1)c1ccc(N)cc1C. The zero-order valence-electron chi connectivity index (χ0n) is 11.9. The number of anilines is 2. The topological polar surface area (TPSA) is 42.2 Å². The zero-order chi connectivity index (χ0) is 13.8. The van der Waals surface area contributed by atoms with Crippen molar-refractivity contribution in [1.82, 2.24) is 4.98 Å². The predicted molar refractivity (Wildman–Crippen MR) is 81.3 cm³/mol. The number of hydrogen-bond donors (Lipinski definition) is 1. The molecule has 0 unspecified atom stereocenters. The molecule has 0 saturated carbocycles. The summed E-state index contributed by atoms with van der Waals surface area (Å²) in [4.78, 5) is 6.88. The van der Waals surface area contributed by atoms with Crippen molar-refractivity contribution in [2.24, 2.45) is 0 Å². The van der Waals surface area contributed by atoms with Crippen LogP contribution in [0.15, 0.2) is 36.4 Å². The van der Waals surface area contributed by atoms with Gasteiger partial charge in [-0.3, -0.25) is 4.98 Å². The maximum atomic E-state index is 5.81. The van der Waals surface area contributed by atoms with Crippen LogP contribution in [-0.2, 0) is 6.54 Å². The highest BCUT2D eigenvalue weighted by Crippen LogP contribution is 2.23. The maximum Gasteiger partial charge on any atom is 0.0602 e. The van der Waals surface area contributed by atoms with Gasteiger partial charge in [0.05, 0.1) is 12.2 Å². The summed E-state index contributed by atoms with van der Waals surface area (Å²) in [5.41, 5.74) is 11.2. The summed E-state index contributed by atoms with van der Waals surface area (Å²) in [6.45, 7) is 8.04. The first-order valence-corrected chi connectivity index (χ1v) is 6.63. The Morgan fingerprint density at radius 3 is 2.58 bits per heavy atom. The molecule has 19 heavy (non-hydrogen) atoms.